The summed E-state index contributed by atoms with van der Waals surface area (Å²) >= 11 is 1.33. The van der Waals surface area contributed by atoms with Crippen molar-refractivity contribution in [3.05, 3.63) is 58.8 Å². The quantitative estimate of drug-likeness (QED) is 0.451. The highest BCUT2D eigenvalue weighted by molar-refractivity contribution is 7.99. The van der Waals surface area contributed by atoms with Gasteiger partial charge in [-0.15, -0.1) is 0 Å². The standard InChI is InChI=1S/C25H27N3O3S/c29-22(27-25-11-16-8-17(12-25)10-18(9-16)13-25)15-32-24-26-21-6-2-1-5-20(21)23(30)28(24)14-19-4-3-7-31-19/h1-7,16-18H,8-15H2,(H,27,29). The zero-order valence-corrected chi connectivity index (χ0v) is 18.8. The lowest BCUT2D eigenvalue weighted by Gasteiger charge is -2.56. The van der Waals surface area contributed by atoms with E-state index in [1.807, 2.05) is 24.3 Å². The Labute approximate surface area is 190 Å². The summed E-state index contributed by atoms with van der Waals surface area (Å²) in [6, 6.07) is 11.0. The van der Waals surface area contributed by atoms with Gasteiger partial charge in [-0.1, -0.05) is 23.9 Å². The van der Waals surface area contributed by atoms with E-state index in [4.69, 9.17) is 9.40 Å². The first-order valence-corrected chi connectivity index (χ1v) is 12.5. The van der Waals surface area contributed by atoms with Gasteiger partial charge in [-0.2, -0.15) is 0 Å². The highest BCUT2D eigenvalue weighted by Crippen LogP contribution is 2.55. The lowest BCUT2D eigenvalue weighted by atomic mass is 9.53. The number of aromatic nitrogens is 2. The second-order valence-electron chi connectivity index (χ2n) is 9.92. The fourth-order valence-electron chi connectivity index (χ4n) is 6.68. The smallest absolute Gasteiger partial charge is 0.262 e. The Bertz CT molecular complexity index is 1180. The maximum absolute atomic E-state index is 13.2. The molecule has 2 heterocycles. The van der Waals surface area contributed by atoms with Crippen LogP contribution in [-0.4, -0.2) is 26.8 Å². The summed E-state index contributed by atoms with van der Waals surface area (Å²) in [5.41, 5.74) is 0.532. The molecular weight excluding hydrogens is 422 g/mol. The monoisotopic (exact) mass is 449 g/mol. The molecule has 0 aliphatic heterocycles. The Morgan fingerprint density at radius 3 is 2.50 bits per heavy atom. The van der Waals surface area contributed by atoms with Gasteiger partial charge in [-0.05, 0) is 80.5 Å². The third-order valence-corrected chi connectivity index (χ3v) is 8.47. The maximum Gasteiger partial charge on any atom is 0.262 e. The fourth-order valence-corrected chi connectivity index (χ4v) is 7.48. The molecule has 3 aromatic rings. The maximum atomic E-state index is 13.2. The lowest BCUT2D eigenvalue weighted by Crippen LogP contribution is -2.60. The van der Waals surface area contributed by atoms with E-state index in [1.165, 1.54) is 31.0 Å². The molecule has 4 fully saturated rings. The first-order valence-electron chi connectivity index (χ1n) is 11.5. The number of hydrogen-bond donors (Lipinski definition) is 1. The molecule has 7 rings (SSSR count). The van der Waals surface area contributed by atoms with Crippen LogP contribution in [0.4, 0.5) is 0 Å². The SMILES string of the molecule is O=C(CSc1nc2ccccc2c(=O)n1Cc1ccco1)NC12CC3CC(CC(C3)C1)C2. The molecule has 0 saturated heterocycles. The summed E-state index contributed by atoms with van der Waals surface area (Å²) in [5.74, 6) is 3.34. The van der Waals surface area contributed by atoms with E-state index < -0.39 is 0 Å². The van der Waals surface area contributed by atoms with Gasteiger partial charge in [-0.25, -0.2) is 4.98 Å². The van der Waals surface area contributed by atoms with E-state index in [2.05, 4.69) is 5.32 Å². The number of carbonyl (C=O) groups excluding carboxylic acids is 1. The molecule has 32 heavy (non-hydrogen) atoms. The minimum atomic E-state index is -0.115. The molecule has 0 atom stereocenters. The zero-order chi connectivity index (χ0) is 21.7. The lowest BCUT2D eigenvalue weighted by molar-refractivity contribution is -0.124. The van der Waals surface area contributed by atoms with Crippen LogP contribution in [0.1, 0.15) is 44.3 Å². The first kappa shape index (κ1) is 20.1. The highest BCUT2D eigenvalue weighted by Gasteiger charge is 2.51. The van der Waals surface area contributed by atoms with E-state index in [0.717, 1.165) is 37.0 Å². The van der Waals surface area contributed by atoms with Crippen molar-refractivity contribution in [2.75, 3.05) is 5.75 Å². The number of hydrogen-bond acceptors (Lipinski definition) is 5. The summed E-state index contributed by atoms with van der Waals surface area (Å²) in [4.78, 5) is 30.9. The van der Waals surface area contributed by atoms with Gasteiger partial charge in [0, 0.05) is 5.54 Å². The predicted molar refractivity (Wildman–Crippen MR) is 124 cm³/mol. The molecule has 4 saturated carbocycles. The Balaban J connectivity index is 1.23. The van der Waals surface area contributed by atoms with Crippen molar-refractivity contribution < 1.29 is 9.21 Å². The molecule has 1 N–H and O–H groups in total. The van der Waals surface area contributed by atoms with Crippen LogP contribution in [-0.2, 0) is 11.3 Å². The van der Waals surface area contributed by atoms with Crippen molar-refractivity contribution in [2.24, 2.45) is 17.8 Å². The topological polar surface area (TPSA) is 77.1 Å². The predicted octanol–water partition coefficient (Wildman–Crippen LogP) is 4.21. The van der Waals surface area contributed by atoms with Gasteiger partial charge in [0.1, 0.15) is 5.76 Å². The molecule has 4 aliphatic carbocycles. The summed E-state index contributed by atoms with van der Waals surface area (Å²) in [6.45, 7) is 0.294. The highest BCUT2D eigenvalue weighted by atomic mass is 32.2. The number of benzene rings is 1. The van der Waals surface area contributed by atoms with Gasteiger partial charge in [-0.3, -0.25) is 14.2 Å². The molecule has 166 valence electrons. The van der Waals surface area contributed by atoms with Crippen LogP contribution < -0.4 is 10.9 Å². The Morgan fingerprint density at radius 1 is 1.09 bits per heavy atom. The Morgan fingerprint density at radius 2 is 1.81 bits per heavy atom. The molecule has 2 aromatic heterocycles. The van der Waals surface area contributed by atoms with Crippen molar-refractivity contribution in [3.8, 4) is 0 Å². The van der Waals surface area contributed by atoms with Gasteiger partial charge >= 0.3 is 0 Å². The van der Waals surface area contributed by atoms with Crippen LogP contribution in [0, 0.1) is 17.8 Å². The van der Waals surface area contributed by atoms with E-state index >= 15 is 0 Å². The molecule has 1 aromatic carbocycles. The van der Waals surface area contributed by atoms with Crippen LogP contribution in [0.25, 0.3) is 10.9 Å². The minimum Gasteiger partial charge on any atom is -0.467 e. The molecule has 1 amide bonds. The molecule has 0 unspecified atom stereocenters. The molecule has 7 heteroatoms. The number of nitrogens with one attached hydrogen (secondary N) is 1. The van der Waals surface area contributed by atoms with Crippen LogP contribution in [0.15, 0.2) is 57.0 Å². The van der Waals surface area contributed by atoms with Crippen LogP contribution >= 0.6 is 11.8 Å². The third-order valence-electron chi connectivity index (χ3n) is 7.50. The van der Waals surface area contributed by atoms with Crippen LogP contribution in [0.3, 0.4) is 0 Å². The number of fused-ring (bicyclic) bond motifs is 1. The largest absolute Gasteiger partial charge is 0.467 e. The Kier molecular flexibility index (Phi) is 4.90. The average Bonchev–Trinajstić information content (AvgIpc) is 3.26. The van der Waals surface area contributed by atoms with E-state index in [0.29, 0.717) is 28.4 Å². The molecule has 4 bridgehead atoms. The van der Waals surface area contributed by atoms with Gasteiger partial charge in [0.15, 0.2) is 5.16 Å². The van der Waals surface area contributed by atoms with Crippen molar-refractivity contribution >= 4 is 28.6 Å². The van der Waals surface area contributed by atoms with Gasteiger partial charge < -0.3 is 9.73 Å². The summed E-state index contributed by atoms with van der Waals surface area (Å²) in [7, 11) is 0. The van der Waals surface area contributed by atoms with Crippen LogP contribution in [0.5, 0.6) is 0 Å². The van der Waals surface area contributed by atoms with Crippen molar-refractivity contribution in [1.82, 2.24) is 14.9 Å². The number of amides is 1. The van der Waals surface area contributed by atoms with Gasteiger partial charge in [0.05, 0.1) is 29.5 Å². The second kappa shape index (κ2) is 7.80. The third kappa shape index (κ3) is 3.66. The first-order chi connectivity index (χ1) is 15.6. The van der Waals surface area contributed by atoms with Gasteiger partial charge in [0.25, 0.3) is 5.56 Å². The van der Waals surface area contributed by atoms with Crippen molar-refractivity contribution in [1.29, 1.82) is 0 Å². The number of carbonyl (C=O) groups is 1. The molecule has 0 radical (unpaired) electrons. The summed E-state index contributed by atoms with van der Waals surface area (Å²) in [6.07, 6.45) is 9.05. The Hall–Kier alpha value is -2.54. The molecular formula is C25H27N3O3S. The average molecular weight is 450 g/mol. The zero-order valence-electron chi connectivity index (χ0n) is 18.0. The summed E-state index contributed by atoms with van der Waals surface area (Å²) in [5, 5.41) is 4.54. The molecule has 6 nitrogen and oxygen atoms in total. The van der Waals surface area contributed by atoms with E-state index in [1.54, 1.807) is 23.0 Å². The number of nitrogens with zero attached hydrogens (tertiary/aromatic N) is 2. The molecule has 0 spiro atoms. The normalized spacial score (nSPS) is 28.3. The fraction of sp³-hybridized carbons (Fsp3) is 0.480. The van der Waals surface area contributed by atoms with Gasteiger partial charge in [0.2, 0.25) is 5.91 Å². The summed E-state index contributed by atoms with van der Waals surface area (Å²) < 4.78 is 7.08. The van der Waals surface area contributed by atoms with Crippen molar-refractivity contribution in [3.63, 3.8) is 0 Å². The number of para-hydroxylation sites is 1. The number of thioether (sulfide) groups is 1. The second-order valence-corrected chi connectivity index (χ2v) is 10.9. The van der Waals surface area contributed by atoms with E-state index in [-0.39, 0.29) is 22.8 Å². The van der Waals surface area contributed by atoms with Crippen molar-refractivity contribution in [2.45, 2.75) is 55.8 Å². The van der Waals surface area contributed by atoms with E-state index in [9.17, 15) is 9.59 Å². The number of furan rings is 1. The molecule has 4 aliphatic rings. The number of rotatable bonds is 6. The van der Waals surface area contributed by atoms with Crippen LogP contribution in [0.2, 0.25) is 0 Å². The minimum absolute atomic E-state index is 0.00293.